The maximum Gasteiger partial charge on any atom is 0.408 e. The van der Waals surface area contributed by atoms with Gasteiger partial charge in [0.25, 0.3) is 0 Å². The normalized spacial score (nSPS) is 17.7. The summed E-state index contributed by atoms with van der Waals surface area (Å²) in [4.78, 5) is 29.2. The topological polar surface area (TPSA) is 119 Å². The molecule has 1 aliphatic rings. The van der Waals surface area contributed by atoms with Gasteiger partial charge < -0.3 is 25.4 Å². The Labute approximate surface area is 235 Å². The van der Waals surface area contributed by atoms with Gasteiger partial charge in [-0.2, -0.15) is 5.10 Å². The number of nitrogens with zero attached hydrogens (tertiary/aromatic N) is 3. The van der Waals surface area contributed by atoms with E-state index in [0.717, 1.165) is 5.56 Å². The van der Waals surface area contributed by atoms with Crippen molar-refractivity contribution in [2.75, 3.05) is 13.1 Å². The van der Waals surface area contributed by atoms with Crippen LogP contribution < -0.4 is 16.0 Å². The number of nitrogens with one attached hydrogen (secondary N) is 3. The SMILES string of the molecule is CC(CNCc1cnn2cc([C@@H](NC(=O)OC(C)(C)C)C3CCC(F)(F)CC3)nc2c1)CNC(=O)OC(C)(C)C. The van der Waals surface area contributed by atoms with Crippen molar-refractivity contribution in [1.29, 1.82) is 0 Å². The van der Waals surface area contributed by atoms with Crippen LogP contribution in [0.25, 0.3) is 5.65 Å². The van der Waals surface area contributed by atoms with Gasteiger partial charge in [0.2, 0.25) is 5.92 Å². The van der Waals surface area contributed by atoms with Crippen molar-refractivity contribution in [2.45, 2.75) is 104 Å². The average molecular weight is 567 g/mol. The number of fused-ring (bicyclic) bond motifs is 1. The van der Waals surface area contributed by atoms with Crippen LogP contribution in [0.4, 0.5) is 18.4 Å². The van der Waals surface area contributed by atoms with Crippen LogP contribution in [0.1, 0.15) is 91.4 Å². The molecule has 2 amide bonds. The number of rotatable bonds is 9. The van der Waals surface area contributed by atoms with Crippen LogP contribution >= 0.6 is 0 Å². The molecule has 1 aliphatic carbocycles. The van der Waals surface area contributed by atoms with Gasteiger partial charge >= 0.3 is 12.2 Å². The number of carbonyl (C=O) groups excluding carboxylic acids is 2. The van der Waals surface area contributed by atoms with Crippen LogP contribution in [0.5, 0.6) is 0 Å². The molecule has 0 radical (unpaired) electrons. The Hall–Kier alpha value is -3.02. The second kappa shape index (κ2) is 12.7. The minimum Gasteiger partial charge on any atom is -0.444 e. The molecule has 0 aromatic carbocycles. The van der Waals surface area contributed by atoms with E-state index < -0.39 is 35.4 Å². The van der Waals surface area contributed by atoms with E-state index in [0.29, 0.717) is 31.0 Å². The summed E-state index contributed by atoms with van der Waals surface area (Å²) in [6, 6.07) is 1.32. The lowest BCUT2D eigenvalue weighted by Crippen LogP contribution is -2.40. The van der Waals surface area contributed by atoms with Crippen LogP contribution in [0.3, 0.4) is 0 Å². The average Bonchev–Trinajstić information content (AvgIpc) is 3.22. The molecule has 2 aromatic heterocycles. The molecule has 0 bridgehead atoms. The number of carbonyl (C=O) groups is 2. The van der Waals surface area contributed by atoms with Crippen LogP contribution in [0, 0.1) is 11.8 Å². The predicted octanol–water partition coefficient (Wildman–Crippen LogP) is 5.37. The van der Waals surface area contributed by atoms with E-state index in [1.807, 2.05) is 33.8 Å². The molecule has 2 atom stereocenters. The number of hydrogen-bond acceptors (Lipinski definition) is 7. The molecule has 0 aliphatic heterocycles. The molecule has 224 valence electrons. The summed E-state index contributed by atoms with van der Waals surface area (Å²) in [6.45, 7) is 14.5. The minimum absolute atomic E-state index is 0.171. The largest absolute Gasteiger partial charge is 0.444 e. The lowest BCUT2D eigenvalue weighted by Gasteiger charge is -2.33. The second-order valence-electron chi connectivity index (χ2n) is 12.8. The van der Waals surface area contributed by atoms with Crippen LogP contribution in [0.2, 0.25) is 0 Å². The first kappa shape index (κ1) is 31.5. The molecule has 2 heterocycles. The van der Waals surface area contributed by atoms with Gasteiger partial charge in [-0.25, -0.2) is 27.9 Å². The standard InChI is InChI=1S/C28H44F2N6O4/c1-18(14-32-24(37)39-26(2,3)4)13-31-15-19-12-22-34-21(17-36(22)33-16-19)23(35-25(38)40-27(5,6)7)20-8-10-28(29,30)11-9-20/h12,16-18,20,23,31H,8-11,13-15H2,1-7H3,(H,32,37)(H,35,38)/t18?,23-/m0/s1. The zero-order valence-electron chi connectivity index (χ0n) is 24.6. The van der Waals surface area contributed by atoms with E-state index in [2.05, 4.69) is 21.0 Å². The first-order chi connectivity index (χ1) is 18.5. The van der Waals surface area contributed by atoms with E-state index in [-0.39, 0.29) is 37.5 Å². The number of ether oxygens (including phenoxy) is 2. The maximum absolute atomic E-state index is 13.9. The third-order valence-corrected chi connectivity index (χ3v) is 6.44. The van der Waals surface area contributed by atoms with Gasteiger partial charge in [-0.1, -0.05) is 6.92 Å². The number of halogens is 2. The van der Waals surface area contributed by atoms with Crippen molar-refractivity contribution in [3.63, 3.8) is 0 Å². The van der Waals surface area contributed by atoms with E-state index in [9.17, 15) is 18.4 Å². The van der Waals surface area contributed by atoms with Crippen molar-refractivity contribution in [1.82, 2.24) is 30.5 Å². The van der Waals surface area contributed by atoms with Crippen LogP contribution in [-0.2, 0) is 16.0 Å². The Bertz CT molecular complexity index is 1150. The lowest BCUT2D eigenvalue weighted by atomic mass is 9.81. The molecule has 10 nitrogen and oxygen atoms in total. The summed E-state index contributed by atoms with van der Waals surface area (Å²) < 4.78 is 40.0. The van der Waals surface area contributed by atoms with Gasteiger partial charge in [-0.3, -0.25) is 0 Å². The third kappa shape index (κ3) is 10.2. The Morgan fingerprint density at radius 2 is 1.70 bits per heavy atom. The van der Waals surface area contributed by atoms with Gasteiger partial charge in [0.15, 0.2) is 5.65 Å². The Morgan fingerprint density at radius 3 is 2.33 bits per heavy atom. The highest BCUT2D eigenvalue weighted by atomic mass is 19.3. The molecule has 12 heteroatoms. The number of aromatic nitrogens is 3. The highest BCUT2D eigenvalue weighted by Crippen LogP contribution is 2.41. The molecular formula is C28H44F2N6O4. The Balaban J connectivity index is 1.63. The van der Waals surface area contributed by atoms with Crippen molar-refractivity contribution in [3.05, 3.63) is 29.7 Å². The van der Waals surface area contributed by atoms with E-state index in [1.54, 1.807) is 37.7 Å². The molecule has 0 spiro atoms. The molecule has 3 N–H and O–H groups in total. The highest BCUT2D eigenvalue weighted by molar-refractivity contribution is 5.68. The van der Waals surface area contributed by atoms with Gasteiger partial charge in [-0.15, -0.1) is 0 Å². The number of alkyl halides is 2. The Kier molecular flexibility index (Phi) is 9.97. The monoisotopic (exact) mass is 566 g/mol. The fourth-order valence-corrected chi connectivity index (χ4v) is 4.55. The smallest absolute Gasteiger partial charge is 0.408 e. The quantitative estimate of drug-likeness (QED) is 0.373. The molecule has 40 heavy (non-hydrogen) atoms. The molecule has 1 saturated carbocycles. The summed E-state index contributed by atoms with van der Waals surface area (Å²) >= 11 is 0. The van der Waals surface area contributed by atoms with Crippen LogP contribution in [0.15, 0.2) is 18.5 Å². The van der Waals surface area contributed by atoms with Gasteiger partial charge in [0.05, 0.1) is 24.1 Å². The number of hydrogen-bond donors (Lipinski definition) is 3. The number of imidazole rings is 1. The summed E-state index contributed by atoms with van der Waals surface area (Å²) in [5, 5.41) is 13.5. The Morgan fingerprint density at radius 1 is 1.07 bits per heavy atom. The fraction of sp³-hybridized carbons (Fsp3) is 0.714. The minimum atomic E-state index is -2.68. The molecule has 1 unspecified atom stereocenters. The summed E-state index contributed by atoms with van der Waals surface area (Å²) in [6.07, 6.45) is 2.49. The predicted molar refractivity (Wildman–Crippen MR) is 147 cm³/mol. The molecular weight excluding hydrogens is 522 g/mol. The highest BCUT2D eigenvalue weighted by Gasteiger charge is 2.39. The van der Waals surface area contributed by atoms with Gasteiger partial charge in [0, 0.05) is 25.9 Å². The van der Waals surface area contributed by atoms with Crippen LogP contribution in [-0.4, -0.2) is 57.0 Å². The van der Waals surface area contributed by atoms with Gasteiger partial charge in [0.1, 0.15) is 11.2 Å². The summed E-state index contributed by atoms with van der Waals surface area (Å²) in [5.74, 6) is -2.71. The van der Waals surface area contributed by atoms with Crippen molar-refractivity contribution in [2.24, 2.45) is 11.8 Å². The molecule has 3 rings (SSSR count). The number of amides is 2. The number of alkyl carbamates (subject to hydrolysis) is 2. The van der Waals surface area contributed by atoms with Crippen molar-refractivity contribution < 1.29 is 27.8 Å². The lowest BCUT2D eigenvalue weighted by molar-refractivity contribution is -0.0500. The van der Waals surface area contributed by atoms with E-state index in [4.69, 9.17) is 14.5 Å². The second-order valence-corrected chi connectivity index (χ2v) is 12.8. The molecule has 0 saturated heterocycles. The van der Waals surface area contributed by atoms with Crippen molar-refractivity contribution >= 4 is 17.8 Å². The first-order valence-corrected chi connectivity index (χ1v) is 13.9. The fourth-order valence-electron chi connectivity index (χ4n) is 4.55. The summed E-state index contributed by atoms with van der Waals surface area (Å²) in [7, 11) is 0. The molecule has 1 fully saturated rings. The first-order valence-electron chi connectivity index (χ1n) is 13.9. The zero-order valence-corrected chi connectivity index (χ0v) is 24.6. The van der Waals surface area contributed by atoms with E-state index in [1.165, 1.54) is 0 Å². The zero-order chi connectivity index (χ0) is 29.7. The summed E-state index contributed by atoms with van der Waals surface area (Å²) in [5.41, 5.74) is 0.818. The maximum atomic E-state index is 13.9. The van der Waals surface area contributed by atoms with E-state index >= 15 is 0 Å². The van der Waals surface area contributed by atoms with Crippen molar-refractivity contribution in [3.8, 4) is 0 Å². The molecule has 2 aromatic rings. The third-order valence-electron chi connectivity index (χ3n) is 6.44. The van der Waals surface area contributed by atoms with Gasteiger partial charge in [-0.05, 0) is 84.4 Å².